The molecule has 3 N–H and O–H groups in total. The molecular formula is C22H24BrF2N5O2. The molecular weight excluding hydrogens is 484 g/mol. The van der Waals surface area contributed by atoms with Crippen LogP contribution in [0.5, 0.6) is 0 Å². The molecule has 32 heavy (non-hydrogen) atoms. The van der Waals surface area contributed by atoms with Crippen molar-refractivity contribution in [3.05, 3.63) is 58.5 Å². The lowest BCUT2D eigenvalue weighted by atomic mass is 9.93. The lowest BCUT2D eigenvalue weighted by Gasteiger charge is -2.46. The molecule has 0 atom stereocenters. The number of pyridine rings is 1. The molecule has 1 aromatic carbocycles. The third-order valence-corrected chi connectivity index (χ3v) is 5.96. The van der Waals surface area contributed by atoms with Gasteiger partial charge in [0.05, 0.1) is 30.0 Å². The molecule has 1 aliphatic heterocycles. The van der Waals surface area contributed by atoms with Crippen molar-refractivity contribution in [3.8, 4) is 0 Å². The van der Waals surface area contributed by atoms with Crippen molar-refractivity contribution < 1.29 is 18.7 Å². The molecule has 1 fully saturated rings. The molecule has 0 unspecified atom stereocenters. The second kappa shape index (κ2) is 9.13. The summed E-state index contributed by atoms with van der Waals surface area (Å²) in [5.41, 5.74) is -1.12. The van der Waals surface area contributed by atoms with Crippen molar-refractivity contribution in [2.45, 2.75) is 25.4 Å². The van der Waals surface area contributed by atoms with E-state index in [0.29, 0.717) is 11.0 Å². The summed E-state index contributed by atoms with van der Waals surface area (Å²) in [6.45, 7) is 3.51. The number of fused-ring (bicyclic) bond motifs is 1. The average Bonchev–Trinajstić information content (AvgIpc) is 3.21. The van der Waals surface area contributed by atoms with E-state index in [-0.39, 0.29) is 35.7 Å². The van der Waals surface area contributed by atoms with Crippen LogP contribution in [-0.2, 0) is 0 Å². The molecule has 7 nitrogen and oxygen atoms in total. The summed E-state index contributed by atoms with van der Waals surface area (Å²) in [6.07, 6.45) is 6.46. The molecule has 4 rings (SSSR count). The maximum Gasteiger partial charge on any atom is 0.257 e. The van der Waals surface area contributed by atoms with Gasteiger partial charge < -0.3 is 25.0 Å². The minimum absolute atomic E-state index is 0.0156. The van der Waals surface area contributed by atoms with E-state index in [9.17, 15) is 14.3 Å². The van der Waals surface area contributed by atoms with E-state index < -0.39 is 23.1 Å². The second-order valence-corrected chi connectivity index (χ2v) is 8.97. The number of nitrogens with one attached hydrogen (secondary N) is 2. The normalized spacial score (nSPS) is 15.1. The number of halogens is 3. The summed E-state index contributed by atoms with van der Waals surface area (Å²) >= 11 is 3.19. The van der Waals surface area contributed by atoms with Gasteiger partial charge in [-0.2, -0.15) is 0 Å². The number of β-amino-alcohol motifs (C(OH)–C–C–N with tert-alkyl or cyclic N) is 1. The Morgan fingerprint density at radius 2 is 2.12 bits per heavy atom. The predicted octanol–water partition coefficient (Wildman–Crippen LogP) is 3.70. The molecule has 0 aliphatic carbocycles. The Labute approximate surface area is 192 Å². The van der Waals surface area contributed by atoms with Crippen LogP contribution in [0, 0.1) is 11.6 Å². The minimum atomic E-state index is -1.02. The van der Waals surface area contributed by atoms with Crippen LogP contribution < -0.4 is 10.6 Å². The number of rotatable bonds is 8. The Bertz CT molecular complexity index is 1150. The van der Waals surface area contributed by atoms with E-state index >= 15 is 4.39 Å². The van der Waals surface area contributed by atoms with Gasteiger partial charge in [-0.15, -0.1) is 0 Å². The van der Waals surface area contributed by atoms with Gasteiger partial charge in [-0.1, -0.05) is 29.3 Å². The van der Waals surface area contributed by atoms with Gasteiger partial charge in [0, 0.05) is 29.6 Å². The molecule has 1 amide bonds. The molecule has 1 aliphatic rings. The highest BCUT2D eigenvalue weighted by Crippen LogP contribution is 2.32. The Kier molecular flexibility index (Phi) is 6.45. The number of hydrogen-bond donors (Lipinski definition) is 3. The van der Waals surface area contributed by atoms with E-state index in [1.165, 1.54) is 40.0 Å². The van der Waals surface area contributed by atoms with Gasteiger partial charge in [0.25, 0.3) is 5.91 Å². The number of likely N-dealkylation sites (tertiary alicyclic amines) is 1. The van der Waals surface area contributed by atoms with Crippen LogP contribution in [0.2, 0.25) is 0 Å². The lowest BCUT2D eigenvalue weighted by molar-refractivity contribution is -0.0784. The summed E-state index contributed by atoms with van der Waals surface area (Å²) in [6, 6.07) is 4.31. The van der Waals surface area contributed by atoms with E-state index in [2.05, 4.69) is 38.5 Å². The minimum Gasteiger partial charge on any atom is -0.385 e. The van der Waals surface area contributed by atoms with Gasteiger partial charge in [-0.25, -0.2) is 13.8 Å². The summed E-state index contributed by atoms with van der Waals surface area (Å²) < 4.78 is 31.6. The van der Waals surface area contributed by atoms with Crippen LogP contribution in [0.1, 0.15) is 30.1 Å². The standard InChI is InChI=1S/C22H24BrF2N5O2/c1-2-3-6-26-11-22(32)12-30(13-22)21(31)15-10-29-8-7-27-20(29)18(25)19(15)28-17-5-4-14(23)9-16(17)24/h4-5,7-10,26,28,32H,2-3,6,11-13H2,1H3. The molecule has 0 spiro atoms. The van der Waals surface area contributed by atoms with E-state index in [0.717, 1.165) is 19.4 Å². The van der Waals surface area contributed by atoms with E-state index in [1.54, 1.807) is 6.07 Å². The topological polar surface area (TPSA) is 81.9 Å². The fraction of sp³-hybridized carbons (Fsp3) is 0.364. The molecule has 170 valence electrons. The molecule has 10 heteroatoms. The van der Waals surface area contributed by atoms with Crippen LogP contribution in [0.25, 0.3) is 5.65 Å². The lowest BCUT2D eigenvalue weighted by Crippen LogP contribution is -2.67. The van der Waals surface area contributed by atoms with E-state index in [1.807, 2.05) is 0 Å². The molecule has 3 aromatic rings. The first-order valence-corrected chi connectivity index (χ1v) is 11.2. The van der Waals surface area contributed by atoms with E-state index in [4.69, 9.17) is 0 Å². The van der Waals surface area contributed by atoms with Crippen molar-refractivity contribution >= 4 is 38.9 Å². The number of benzene rings is 1. The zero-order valence-electron chi connectivity index (χ0n) is 17.5. The number of anilines is 2. The number of imidazole rings is 1. The van der Waals surface area contributed by atoms with Crippen LogP contribution in [0.3, 0.4) is 0 Å². The number of unbranched alkanes of at least 4 members (excludes halogenated alkanes) is 1. The Morgan fingerprint density at radius 1 is 1.34 bits per heavy atom. The molecule has 3 heterocycles. The van der Waals surface area contributed by atoms with Gasteiger partial charge in [-0.3, -0.25) is 4.79 Å². The highest BCUT2D eigenvalue weighted by molar-refractivity contribution is 9.10. The van der Waals surface area contributed by atoms with Crippen LogP contribution >= 0.6 is 15.9 Å². The second-order valence-electron chi connectivity index (χ2n) is 8.05. The van der Waals surface area contributed by atoms with Gasteiger partial charge in [-0.05, 0) is 31.2 Å². The number of amides is 1. The van der Waals surface area contributed by atoms with Gasteiger partial charge in [0.1, 0.15) is 11.4 Å². The van der Waals surface area contributed by atoms with Crippen molar-refractivity contribution in [1.29, 1.82) is 0 Å². The van der Waals surface area contributed by atoms with Gasteiger partial charge >= 0.3 is 0 Å². The third kappa shape index (κ3) is 4.48. The molecule has 1 saturated heterocycles. The number of hydrogen-bond acceptors (Lipinski definition) is 5. The largest absolute Gasteiger partial charge is 0.385 e. The predicted molar refractivity (Wildman–Crippen MR) is 121 cm³/mol. The van der Waals surface area contributed by atoms with Crippen molar-refractivity contribution in [2.24, 2.45) is 0 Å². The first kappa shape index (κ1) is 22.6. The quantitative estimate of drug-likeness (QED) is 0.405. The number of aliphatic hydroxyl groups is 1. The maximum atomic E-state index is 15.3. The first-order valence-electron chi connectivity index (χ1n) is 10.4. The molecule has 0 saturated carbocycles. The molecule has 2 aromatic heterocycles. The third-order valence-electron chi connectivity index (χ3n) is 5.46. The monoisotopic (exact) mass is 507 g/mol. The first-order chi connectivity index (χ1) is 15.3. The van der Waals surface area contributed by atoms with Gasteiger partial charge in [0.15, 0.2) is 11.5 Å². The van der Waals surface area contributed by atoms with Gasteiger partial charge in [0.2, 0.25) is 0 Å². The summed E-state index contributed by atoms with van der Waals surface area (Å²) in [7, 11) is 0. The maximum absolute atomic E-state index is 15.3. The number of carbonyl (C=O) groups is 1. The Morgan fingerprint density at radius 3 is 2.84 bits per heavy atom. The highest BCUT2D eigenvalue weighted by atomic mass is 79.9. The highest BCUT2D eigenvalue weighted by Gasteiger charge is 2.44. The van der Waals surface area contributed by atoms with Crippen LogP contribution in [-0.4, -0.2) is 57.1 Å². The van der Waals surface area contributed by atoms with Crippen molar-refractivity contribution in [1.82, 2.24) is 19.6 Å². The number of carbonyl (C=O) groups excluding carboxylic acids is 1. The summed E-state index contributed by atoms with van der Waals surface area (Å²) in [5, 5.41) is 16.5. The zero-order valence-corrected chi connectivity index (χ0v) is 19.1. The summed E-state index contributed by atoms with van der Waals surface area (Å²) in [5.74, 6) is -1.82. The van der Waals surface area contributed by atoms with Crippen molar-refractivity contribution in [3.63, 3.8) is 0 Å². The average molecular weight is 508 g/mol. The smallest absolute Gasteiger partial charge is 0.257 e. The van der Waals surface area contributed by atoms with Crippen LogP contribution in [0.4, 0.5) is 20.2 Å². The fourth-order valence-electron chi connectivity index (χ4n) is 3.74. The molecule has 0 bridgehead atoms. The Balaban J connectivity index is 1.59. The van der Waals surface area contributed by atoms with Crippen LogP contribution in [0.15, 0.2) is 41.3 Å². The van der Waals surface area contributed by atoms with Crippen molar-refractivity contribution in [2.75, 3.05) is 31.5 Å². The number of aromatic nitrogens is 2. The Hall–Kier alpha value is -2.56. The number of nitrogens with zero attached hydrogens (tertiary/aromatic N) is 3. The summed E-state index contributed by atoms with van der Waals surface area (Å²) in [4.78, 5) is 18.6. The fourth-order valence-corrected chi connectivity index (χ4v) is 4.08. The zero-order chi connectivity index (χ0) is 22.9. The molecule has 0 radical (unpaired) electrons. The SMILES string of the molecule is CCCCNCC1(O)CN(C(=O)c2cn3ccnc3c(F)c2Nc2ccc(Br)cc2F)C1.